The molecule has 0 amide bonds. The Kier molecular flexibility index (Phi) is 5.58. The van der Waals surface area contributed by atoms with Crippen LogP contribution in [0.25, 0.3) is 21.2 Å². The molecule has 0 saturated heterocycles. The highest BCUT2D eigenvalue weighted by Crippen LogP contribution is 2.33. The summed E-state index contributed by atoms with van der Waals surface area (Å²) in [6.45, 7) is 0.823. The van der Waals surface area contributed by atoms with Gasteiger partial charge in [0.15, 0.2) is 0 Å². The molecule has 3 aromatic carbocycles. The summed E-state index contributed by atoms with van der Waals surface area (Å²) in [6.07, 6.45) is 1.78. The maximum absolute atomic E-state index is 6.14. The summed E-state index contributed by atoms with van der Waals surface area (Å²) in [5.74, 6) is 0.512. The van der Waals surface area contributed by atoms with Gasteiger partial charge >= 0.3 is 6.01 Å². The van der Waals surface area contributed by atoms with Crippen molar-refractivity contribution in [3.05, 3.63) is 108 Å². The van der Waals surface area contributed by atoms with E-state index in [2.05, 4.69) is 39.6 Å². The van der Waals surface area contributed by atoms with E-state index >= 15 is 0 Å². The second-order valence-corrected chi connectivity index (χ2v) is 8.04. The van der Waals surface area contributed by atoms with Crippen molar-refractivity contribution in [1.29, 1.82) is 0 Å². The Hall–Kier alpha value is -3.70. The van der Waals surface area contributed by atoms with Crippen molar-refractivity contribution >= 4 is 21.4 Å². The first-order chi connectivity index (χ1) is 15.3. The molecule has 0 bridgehead atoms. The number of hydrogen-bond acceptors (Lipinski definition) is 5. The van der Waals surface area contributed by atoms with Crippen LogP contribution < -0.4 is 9.47 Å². The summed E-state index contributed by atoms with van der Waals surface area (Å²) >= 11 is 1.71. The first-order valence-corrected chi connectivity index (χ1v) is 10.9. The van der Waals surface area contributed by atoms with Crippen LogP contribution in [0, 0.1) is 0 Å². The highest BCUT2D eigenvalue weighted by molar-refractivity contribution is 7.17. The van der Waals surface area contributed by atoms with Crippen molar-refractivity contribution in [2.75, 3.05) is 0 Å². The first-order valence-electron chi connectivity index (χ1n) is 10.0. The average Bonchev–Trinajstić information content (AvgIpc) is 3.31. The second-order valence-electron chi connectivity index (χ2n) is 7.09. The number of benzene rings is 3. The van der Waals surface area contributed by atoms with Gasteiger partial charge in [0.2, 0.25) is 5.88 Å². The van der Waals surface area contributed by atoms with Gasteiger partial charge in [0.25, 0.3) is 0 Å². The monoisotopic (exact) mass is 424 g/mol. The summed E-state index contributed by atoms with van der Waals surface area (Å²) in [6, 6.07) is 28.8. The summed E-state index contributed by atoms with van der Waals surface area (Å²) in [7, 11) is 0. The Morgan fingerprint density at radius 3 is 2.19 bits per heavy atom. The van der Waals surface area contributed by atoms with Gasteiger partial charge in [-0.25, -0.2) is 4.98 Å². The van der Waals surface area contributed by atoms with Crippen LogP contribution in [0.4, 0.5) is 0 Å². The second kappa shape index (κ2) is 8.98. The molecule has 2 heterocycles. The van der Waals surface area contributed by atoms with Crippen molar-refractivity contribution < 1.29 is 9.47 Å². The molecule has 0 N–H and O–H groups in total. The van der Waals surface area contributed by atoms with E-state index < -0.39 is 0 Å². The fourth-order valence-corrected chi connectivity index (χ4v) is 4.13. The van der Waals surface area contributed by atoms with Crippen LogP contribution in [-0.2, 0) is 13.2 Å². The van der Waals surface area contributed by atoms with Crippen LogP contribution in [-0.4, -0.2) is 9.97 Å². The minimum atomic E-state index is 0.299. The predicted molar refractivity (Wildman–Crippen MR) is 124 cm³/mol. The van der Waals surface area contributed by atoms with Gasteiger partial charge in [-0.05, 0) is 39.6 Å². The van der Waals surface area contributed by atoms with Gasteiger partial charge in [0, 0.05) is 10.9 Å². The molecule has 31 heavy (non-hydrogen) atoms. The Morgan fingerprint density at radius 2 is 1.45 bits per heavy atom. The van der Waals surface area contributed by atoms with Gasteiger partial charge in [-0.2, -0.15) is 4.98 Å². The van der Waals surface area contributed by atoms with Crippen LogP contribution >= 0.6 is 11.3 Å². The number of rotatable bonds is 7. The maximum Gasteiger partial charge on any atom is 0.320 e. The molecule has 0 unspecified atom stereocenters. The lowest BCUT2D eigenvalue weighted by molar-refractivity contribution is 0.259. The highest BCUT2D eigenvalue weighted by Gasteiger charge is 2.13. The zero-order valence-corrected chi connectivity index (χ0v) is 17.6. The molecule has 0 fully saturated rings. The molecular formula is C26H20N2O2S. The quantitative estimate of drug-likeness (QED) is 0.298. The highest BCUT2D eigenvalue weighted by atomic mass is 32.1. The molecule has 5 aromatic rings. The fourth-order valence-electron chi connectivity index (χ4n) is 3.30. The SMILES string of the molecule is c1ccc(COc2ncc(-c3ccc4ccsc4c3)c(OCc3ccccc3)n2)cc1. The third kappa shape index (κ3) is 4.57. The third-order valence-corrected chi connectivity index (χ3v) is 5.81. The van der Waals surface area contributed by atoms with Crippen LogP contribution in [0.1, 0.15) is 11.1 Å². The van der Waals surface area contributed by atoms with Crippen LogP contribution in [0.5, 0.6) is 11.9 Å². The van der Waals surface area contributed by atoms with Gasteiger partial charge in [-0.1, -0.05) is 72.8 Å². The molecule has 0 aliphatic heterocycles. The van der Waals surface area contributed by atoms with E-state index in [9.17, 15) is 0 Å². The largest absolute Gasteiger partial charge is 0.472 e. The molecule has 0 spiro atoms. The Bertz CT molecular complexity index is 1290. The van der Waals surface area contributed by atoms with E-state index in [0.29, 0.717) is 25.1 Å². The molecule has 2 aromatic heterocycles. The molecule has 5 heteroatoms. The fraction of sp³-hybridized carbons (Fsp3) is 0.0769. The maximum atomic E-state index is 6.14. The number of aromatic nitrogens is 2. The standard InChI is InChI=1S/C26H20N2O2S/c1-3-7-19(8-4-1)17-29-25-23(22-12-11-21-13-14-31-24(21)15-22)16-27-26(28-25)30-18-20-9-5-2-6-10-20/h1-16H,17-18H2. The van der Waals surface area contributed by atoms with Crippen molar-refractivity contribution in [3.63, 3.8) is 0 Å². The van der Waals surface area contributed by atoms with Crippen molar-refractivity contribution in [2.24, 2.45) is 0 Å². The lowest BCUT2D eigenvalue weighted by atomic mass is 10.1. The van der Waals surface area contributed by atoms with Crippen molar-refractivity contribution in [2.45, 2.75) is 13.2 Å². The van der Waals surface area contributed by atoms with Crippen molar-refractivity contribution in [3.8, 4) is 23.0 Å². The molecule has 152 valence electrons. The molecule has 0 aliphatic rings. The molecule has 0 atom stereocenters. The van der Waals surface area contributed by atoms with E-state index in [1.807, 2.05) is 60.7 Å². The topological polar surface area (TPSA) is 44.2 Å². The van der Waals surface area contributed by atoms with Gasteiger partial charge < -0.3 is 9.47 Å². The van der Waals surface area contributed by atoms with Crippen LogP contribution in [0.2, 0.25) is 0 Å². The van der Waals surface area contributed by atoms with E-state index in [1.165, 1.54) is 10.1 Å². The summed E-state index contributed by atoms with van der Waals surface area (Å²) < 4.78 is 13.2. The lowest BCUT2D eigenvalue weighted by Crippen LogP contribution is -2.04. The van der Waals surface area contributed by atoms with Crippen molar-refractivity contribution in [1.82, 2.24) is 9.97 Å². The van der Waals surface area contributed by atoms with Crippen LogP contribution in [0.3, 0.4) is 0 Å². The number of fused-ring (bicyclic) bond motifs is 1. The smallest absolute Gasteiger partial charge is 0.320 e. The predicted octanol–water partition coefficient (Wildman–Crippen LogP) is 6.52. The third-order valence-electron chi connectivity index (χ3n) is 4.93. The summed E-state index contributed by atoms with van der Waals surface area (Å²) in [5, 5.41) is 3.32. The summed E-state index contributed by atoms with van der Waals surface area (Å²) in [4.78, 5) is 9.04. The number of ether oxygens (including phenoxy) is 2. The van der Waals surface area contributed by atoms with Gasteiger partial charge in [-0.15, -0.1) is 11.3 Å². The van der Waals surface area contributed by atoms with Gasteiger partial charge in [0.05, 0.1) is 5.56 Å². The minimum Gasteiger partial charge on any atom is -0.472 e. The Balaban J connectivity index is 1.45. The first kappa shape index (κ1) is 19.3. The normalized spacial score (nSPS) is 10.8. The number of hydrogen-bond donors (Lipinski definition) is 0. The number of thiophene rings is 1. The molecule has 4 nitrogen and oxygen atoms in total. The van der Waals surface area contributed by atoms with E-state index in [1.54, 1.807) is 17.5 Å². The molecule has 5 rings (SSSR count). The average molecular weight is 425 g/mol. The molecule has 0 aliphatic carbocycles. The van der Waals surface area contributed by atoms with Gasteiger partial charge in [0.1, 0.15) is 13.2 Å². The van der Waals surface area contributed by atoms with E-state index in [0.717, 1.165) is 22.3 Å². The minimum absolute atomic E-state index is 0.299. The lowest BCUT2D eigenvalue weighted by Gasteiger charge is -2.12. The summed E-state index contributed by atoms with van der Waals surface area (Å²) in [5.41, 5.74) is 4.00. The van der Waals surface area contributed by atoms with Crippen LogP contribution in [0.15, 0.2) is 96.5 Å². The molecule has 0 radical (unpaired) electrons. The van der Waals surface area contributed by atoms with E-state index in [-0.39, 0.29) is 0 Å². The molecular weight excluding hydrogens is 404 g/mol. The molecule has 0 saturated carbocycles. The zero-order valence-electron chi connectivity index (χ0n) is 16.8. The Morgan fingerprint density at radius 1 is 0.742 bits per heavy atom. The Labute approximate surface area is 184 Å². The van der Waals surface area contributed by atoms with Gasteiger partial charge in [-0.3, -0.25) is 0 Å². The number of nitrogens with zero attached hydrogens (tertiary/aromatic N) is 2. The zero-order chi connectivity index (χ0) is 20.9. The van der Waals surface area contributed by atoms with E-state index in [4.69, 9.17) is 9.47 Å².